The Labute approximate surface area is 131 Å². The summed E-state index contributed by atoms with van der Waals surface area (Å²) < 4.78 is 6.91. The molecule has 0 aliphatic rings. The second-order valence-corrected chi connectivity index (χ2v) is 4.99. The van der Waals surface area contributed by atoms with Gasteiger partial charge in [0.1, 0.15) is 17.2 Å². The van der Waals surface area contributed by atoms with Crippen LogP contribution in [0.25, 0.3) is 16.8 Å². The molecule has 4 heterocycles. The summed E-state index contributed by atoms with van der Waals surface area (Å²) in [6.45, 7) is 0. The van der Waals surface area contributed by atoms with Gasteiger partial charge in [-0.2, -0.15) is 0 Å². The Balaban J connectivity index is 1.65. The first-order chi connectivity index (χ1) is 11.3. The van der Waals surface area contributed by atoms with Gasteiger partial charge in [-0.05, 0) is 30.3 Å². The highest BCUT2D eigenvalue weighted by atomic mass is 16.3. The average molecular weight is 304 g/mol. The first-order valence-electron chi connectivity index (χ1n) is 7.03. The molecule has 0 unspecified atom stereocenters. The number of nitrogens with zero attached hydrogens (tertiary/aromatic N) is 3. The summed E-state index contributed by atoms with van der Waals surface area (Å²) in [5, 5.41) is 2.72. The minimum absolute atomic E-state index is 0.294. The van der Waals surface area contributed by atoms with Crippen LogP contribution in [-0.2, 0) is 0 Å². The van der Waals surface area contributed by atoms with Crippen LogP contribution < -0.4 is 5.32 Å². The highest BCUT2D eigenvalue weighted by Crippen LogP contribution is 2.20. The number of imidazole rings is 1. The molecular weight excluding hydrogens is 292 g/mol. The molecule has 1 amide bonds. The van der Waals surface area contributed by atoms with Crippen molar-refractivity contribution in [3.8, 4) is 11.1 Å². The van der Waals surface area contributed by atoms with Crippen molar-refractivity contribution in [3.63, 3.8) is 0 Å². The van der Waals surface area contributed by atoms with Crippen molar-refractivity contribution < 1.29 is 9.21 Å². The predicted octanol–water partition coefficient (Wildman–Crippen LogP) is 3.24. The van der Waals surface area contributed by atoms with Crippen LogP contribution in [0.4, 0.5) is 5.82 Å². The maximum absolute atomic E-state index is 12.3. The lowest BCUT2D eigenvalue weighted by Gasteiger charge is -2.00. The summed E-state index contributed by atoms with van der Waals surface area (Å²) in [7, 11) is 0. The average Bonchev–Trinajstić information content (AvgIpc) is 3.24. The first kappa shape index (κ1) is 13.3. The number of hydrogen-bond acceptors (Lipinski definition) is 4. The van der Waals surface area contributed by atoms with Crippen molar-refractivity contribution in [3.05, 3.63) is 73.2 Å². The lowest BCUT2D eigenvalue weighted by atomic mass is 10.1. The van der Waals surface area contributed by atoms with Gasteiger partial charge in [0.05, 0.1) is 12.5 Å². The van der Waals surface area contributed by atoms with Crippen molar-refractivity contribution in [2.24, 2.45) is 0 Å². The Kier molecular flexibility index (Phi) is 3.12. The zero-order valence-electron chi connectivity index (χ0n) is 12.0. The maximum atomic E-state index is 12.3. The number of nitrogens with one attached hydrogen (secondary N) is 1. The number of pyridine rings is 2. The Hall–Kier alpha value is -3.41. The number of furan rings is 1. The Morgan fingerprint density at radius 2 is 2.04 bits per heavy atom. The molecule has 4 aromatic heterocycles. The Morgan fingerprint density at radius 1 is 1.09 bits per heavy atom. The zero-order valence-corrected chi connectivity index (χ0v) is 12.0. The molecule has 0 saturated heterocycles. The fraction of sp³-hybridized carbons (Fsp3) is 0. The lowest BCUT2D eigenvalue weighted by molar-refractivity contribution is 0.102. The van der Waals surface area contributed by atoms with Gasteiger partial charge in [-0.25, -0.2) is 9.97 Å². The number of rotatable bonds is 3. The maximum Gasteiger partial charge on any atom is 0.277 e. The molecule has 6 nitrogen and oxygen atoms in total. The quantitative estimate of drug-likeness (QED) is 0.630. The van der Waals surface area contributed by atoms with Crippen LogP contribution in [0.1, 0.15) is 10.5 Å². The van der Waals surface area contributed by atoms with Crippen molar-refractivity contribution in [2.75, 3.05) is 5.32 Å². The molecule has 1 N–H and O–H groups in total. The number of fused-ring (bicyclic) bond motifs is 1. The summed E-state index contributed by atoms with van der Waals surface area (Å²) in [5.41, 5.74) is 2.99. The molecule has 0 fully saturated rings. The van der Waals surface area contributed by atoms with Gasteiger partial charge in [-0.3, -0.25) is 4.79 Å². The van der Waals surface area contributed by atoms with Gasteiger partial charge in [0, 0.05) is 29.7 Å². The van der Waals surface area contributed by atoms with Gasteiger partial charge in [0.15, 0.2) is 0 Å². The summed E-state index contributed by atoms with van der Waals surface area (Å²) in [6.07, 6.45) is 8.52. The van der Waals surface area contributed by atoms with Gasteiger partial charge < -0.3 is 14.1 Å². The highest BCUT2D eigenvalue weighted by molar-refractivity contribution is 6.02. The molecule has 0 radical (unpaired) electrons. The molecule has 0 aromatic carbocycles. The van der Waals surface area contributed by atoms with E-state index in [9.17, 15) is 4.79 Å². The summed E-state index contributed by atoms with van der Waals surface area (Å²) in [4.78, 5) is 20.7. The smallest absolute Gasteiger partial charge is 0.277 e. The standard InChI is InChI=1S/C17H12N4O2/c22-17(20-15-3-1-2-7-18-15)14-10-21-9-12(4-5-16(21)19-14)13-6-8-23-11-13/h1-11H,(H,18,20,22). The number of carbonyl (C=O) groups excluding carboxylic acids is 1. The van der Waals surface area contributed by atoms with Gasteiger partial charge in [0.25, 0.3) is 5.91 Å². The topological polar surface area (TPSA) is 72.4 Å². The molecule has 0 aliphatic heterocycles. The summed E-state index contributed by atoms with van der Waals surface area (Å²) in [6, 6.07) is 11.0. The fourth-order valence-electron chi connectivity index (χ4n) is 2.32. The Bertz CT molecular complexity index is 959. The number of anilines is 1. The number of carbonyl (C=O) groups is 1. The SMILES string of the molecule is O=C(Nc1ccccn1)c1cn2cc(-c3ccoc3)ccc2n1. The number of amides is 1. The monoisotopic (exact) mass is 304 g/mol. The van der Waals surface area contributed by atoms with E-state index >= 15 is 0 Å². The van der Waals surface area contributed by atoms with Crippen molar-refractivity contribution in [2.45, 2.75) is 0 Å². The molecule has 0 aliphatic carbocycles. The highest BCUT2D eigenvalue weighted by Gasteiger charge is 2.12. The minimum Gasteiger partial charge on any atom is -0.472 e. The van der Waals surface area contributed by atoms with Crippen LogP contribution in [0.3, 0.4) is 0 Å². The molecule has 0 bridgehead atoms. The normalized spacial score (nSPS) is 10.8. The molecule has 0 saturated carbocycles. The van der Waals surface area contributed by atoms with Crippen molar-refractivity contribution in [1.82, 2.24) is 14.4 Å². The zero-order chi connectivity index (χ0) is 15.6. The predicted molar refractivity (Wildman–Crippen MR) is 85.1 cm³/mol. The molecule has 6 heteroatoms. The molecular formula is C17H12N4O2. The van der Waals surface area contributed by atoms with Crippen LogP contribution >= 0.6 is 0 Å². The van der Waals surface area contributed by atoms with E-state index in [4.69, 9.17) is 4.42 Å². The summed E-state index contributed by atoms with van der Waals surface area (Å²) in [5.74, 6) is 0.200. The lowest BCUT2D eigenvalue weighted by Crippen LogP contribution is -2.13. The van der Waals surface area contributed by atoms with Gasteiger partial charge in [0.2, 0.25) is 0 Å². The first-order valence-corrected chi connectivity index (χ1v) is 7.03. The van der Waals surface area contributed by atoms with Crippen LogP contribution in [-0.4, -0.2) is 20.3 Å². The van der Waals surface area contributed by atoms with Crippen molar-refractivity contribution >= 4 is 17.4 Å². The second-order valence-electron chi connectivity index (χ2n) is 4.99. The molecule has 112 valence electrons. The van der Waals surface area contributed by atoms with Crippen LogP contribution in [0, 0.1) is 0 Å². The summed E-state index contributed by atoms with van der Waals surface area (Å²) >= 11 is 0. The van der Waals surface area contributed by atoms with E-state index in [1.807, 2.05) is 34.9 Å². The van der Waals surface area contributed by atoms with E-state index in [2.05, 4.69) is 15.3 Å². The molecule has 0 spiro atoms. The van der Waals surface area contributed by atoms with Gasteiger partial charge >= 0.3 is 0 Å². The third kappa shape index (κ3) is 2.57. The molecule has 4 aromatic rings. The number of aromatic nitrogens is 3. The van der Waals surface area contributed by atoms with Gasteiger partial charge in [-0.15, -0.1) is 0 Å². The van der Waals surface area contributed by atoms with E-state index in [1.165, 1.54) is 0 Å². The molecule has 4 rings (SSSR count). The van der Waals surface area contributed by atoms with Crippen molar-refractivity contribution in [1.29, 1.82) is 0 Å². The number of hydrogen-bond donors (Lipinski definition) is 1. The van der Waals surface area contributed by atoms with Crippen LogP contribution in [0.5, 0.6) is 0 Å². The third-order valence-corrected chi connectivity index (χ3v) is 3.44. The fourth-order valence-corrected chi connectivity index (χ4v) is 2.32. The van der Waals surface area contributed by atoms with E-state index in [0.29, 0.717) is 17.2 Å². The second kappa shape index (κ2) is 5.42. The van der Waals surface area contributed by atoms with E-state index in [1.54, 1.807) is 37.1 Å². The minimum atomic E-state index is -0.294. The van der Waals surface area contributed by atoms with E-state index in [-0.39, 0.29) is 5.91 Å². The van der Waals surface area contributed by atoms with E-state index in [0.717, 1.165) is 11.1 Å². The molecule has 0 atom stereocenters. The van der Waals surface area contributed by atoms with Crippen LogP contribution in [0.15, 0.2) is 71.9 Å². The largest absolute Gasteiger partial charge is 0.472 e. The van der Waals surface area contributed by atoms with Gasteiger partial charge in [-0.1, -0.05) is 6.07 Å². The Morgan fingerprint density at radius 3 is 2.83 bits per heavy atom. The van der Waals surface area contributed by atoms with Crippen LogP contribution in [0.2, 0.25) is 0 Å². The van der Waals surface area contributed by atoms with E-state index < -0.39 is 0 Å². The third-order valence-electron chi connectivity index (χ3n) is 3.44. The molecule has 23 heavy (non-hydrogen) atoms.